The highest BCUT2D eigenvalue weighted by Gasteiger charge is 2.48. The second-order valence-electron chi connectivity index (χ2n) is 9.91. The van der Waals surface area contributed by atoms with Gasteiger partial charge < -0.3 is 30.1 Å². The van der Waals surface area contributed by atoms with Gasteiger partial charge in [-0.3, -0.25) is 14.4 Å². The van der Waals surface area contributed by atoms with E-state index in [0.717, 1.165) is 11.1 Å². The lowest BCUT2D eigenvalue weighted by Gasteiger charge is -2.35. The van der Waals surface area contributed by atoms with Gasteiger partial charge in [-0.1, -0.05) is 25.1 Å². The zero-order valence-corrected chi connectivity index (χ0v) is 21.5. The number of rotatable bonds is 9. The number of carbonyl (C=O) groups excluding carboxylic acids is 4. The summed E-state index contributed by atoms with van der Waals surface area (Å²) in [5.41, 5.74) is 1.40. The number of hydrogen-bond acceptors (Lipinski definition) is 7. The maximum atomic E-state index is 13.8. The van der Waals surface area contributed by atoms with Crippen LogP contribution < -0.4 is 10.6 Å². The third kappa shape index (κ3) is 7.42. The van der Waals surface area contributed by atoms with Gasteiger partial charge in [0.25, 0.3) is 0 Å². The molecule has 0 saturated heterocycles. The Morgan fingerprint density at radius 2 is 1.74 bits per heavy atom. The lowest BCUT2D eigenvalue weighted by atomic mass is 9.93. The third-order valence-electron chi connectivity index (χ3n) is 5.83. The largest absolute Gasteiger partial charge is 0.468 e. The fraction of sp³-hybridized carbons (Fsp3) is 0.600. The Kier molecular flexibility index (Phi) is 9.25. The van der Waals surface area contributed by atoms with Gasteiger partial charge in [0.2, 0.25) is 11.8 Å². The molecule has 1 aliphatic rings. The predicted molar refractivity (Wildman–Crippen MR) is 128 cm³/mol. The molecule has 4 atom stereocenters. The highest BCUT2D eigenvalue weighted by atomic mass is 16.6. The maximum Gasteiger partial charge on any atom is 0.408 e. The molecule has 1 aromatic rings. The highest BCUT2D eigenvalue weighted by Crippen LogP contribution is 2.41. The van der Waals surface area contributed by atoms with Gasteiger partial charge in [0.15, 0.2) is 0 Å². The van der Waals surface area contributed by atoms with E-state index in [9.17, 15) is 24.3 Å². The summed E-state index contributed by atoms with van der Waals surface area (Å²) in [6.07, 6.45) is -0.199. The van der Waals surface area contributed by atoms with Crippen LogP contribution in [0.15, 0.2) is 18.2 Å². The van der Waals surface area contributed by atoms with Crippen molar-refractivity contribution >= 4 is 23.9 Å². The zero-order valence-electron chi connectivity index (χ0n) is 21.5. The van der Waals surface area contributed by atoms with E-state index in [1.54, 1.807) is 20.8 Å². The molecule has 2 rings (SSSR count). The molecule has 0 heterocycles. The molecule has 1 saturated carbocycles. The van der Waals surface area contributed by atoms with Crippen LogP contribution in [0.4, 0.5) is 4.79 Å². The van der Waals surface area contributed by atoms with Gasteiger partial charge in [-0.15, -0.1) is 0 Å². The molecule has 0 radical (unpaired) electrons. The number of carbonyl (C=O) groups is 4. The van der Waals surface area contributed by atoms with Gasteiger partial charge in [0.1, 0.15) is 24.2 Å². The molecule has 3 amide bonds. The quantitative estimate of drug-likeness (QED) is 0.448. The van der Waals surface area contributed by atoms with Gasteiger partial charge in [-0.05, 0) is 63.6 Å². The van der Waals surface area contributed by atoms with Crippen molar-refractivity contribution in [1.29, 1.82) is 0 Å². The van der Waals surface area contributed by atoms with Crippen LogP contribution in [0.1, 0.15) is 56.8 Å². The first-order valence-corrected chi connectivity index (χ1v) is 11.6. The van der Waals surface area contributed by atoms with Gasteiger partial charge in [0.05, 0.1) is 13.7 Å². The number of aryl methyl sites for hydroxylation is 2. The van der Waals surface area contributed by atoms with Crippen molar-refractivity contribution in [3.05, 3.63) is 34.9 Å². The van der Waals surface area contributed by atoms with Crippen molar-refractivity contribution in [3.63, 3.8) is 0 Å². The van der Waals surface area contributed by atoms with Crippen LogP contribution in [0.3, 0.4) is 0 Å². The minimum atomic E-state index is -1.32. The minimum Gasteiger partial charge on any atom is -0.468 e. The molecular formula is C25H37N3O7. The van der Waals surface area contributed by atoms with E-state index in [4.69, 9.17) is 4.74 Å². The minimum absolute atomic E-state index is 0.111. The summed E-state index contributed by atoms with van der Waals surface area (Å²) in [7, 11) is 1.22. The number of amides is 3. The van der Waals surface area contributed by atoms with Crippen molar-refractivity contribution in [2.24, 2.45) is 5.92 Å². The maximum absolute atomic E-state index is 13.8. The Morgan fingerprint density at radius 3 is 2.20 bits per heavy atom. The van der Waals surface area contributed by atoms with Crippen LogP contribution in [-0.4, -0.2) is 71.8 Å². The summed E-state index contributed by atoms with van der Waals surface area (Å²) >= 11 is 0. The molecule has 1 aliphatic carbocycles. The number of esters is 1. The molecule has 1 fully saturated rings. The average Bonchev–Trinajstić information content (AvgIpc) is 3.48. The summed E-state index contributed by atoms with van der Waals surface area (Å²) in [6.45, 7) is 9.64. The summed E-state index contributed by atoms with van der Waals surface area (Å²) < 4.78 is 9.87. The predicted octanol–water partition coefficient (Wildman–Crippen LogP) is 1.76. The number of alkyl carbamates (subject to hydrolysis) is 1. The van der Waals surface area contributed by atoms with E-state index in [2.05, 4.69) is 15.4 Å². The van der Waals surface area contributed by atoms with Gasteiger partial charge >= 0.3 is 12.1 Å². The van der Waals surface area contributed by atoms with Crippen LogP contribution in [0, 0.1) is 19.8 Å². The molecule has 3 N–H and O–H groups in total. The third-order valence-corrected chi connectivity index (χ3v) is 5.83. The summed E-state index contributed by atoms with van der Waals surface area (Å²) in [6, 6.07) is 2.83. The molecule has 35 heavy (non-hydrogen) atoms. The Bertz CT molecular complexity index is 937. The van der Waals surface area contributed by atoms with Crippen molar-refractivity contribution in [3.8, 4) is 0 Å². The van der Waals surface area contributed by atoms with Gasteiger partial charge in [-0.25, -0.2) is 4.79 Å². The first-order chi connectivity index (χ1) is 16.3. The van der Waals surface area contributed by atoms with E-state index < -0.39 is 48.2 Å². The highest BCUT2D eigenvalue weighted by molar-refractivity contribution is 5.94. The van der Waals surface area contributed by atoms with Gasteiger partial charge in [0, 0.05) is 6.04 Å². The molecule has 4 unspecified atom stereocenters. The zero-order chi connectivity index (χ0) is 26.5. The Hall–Kier alpha value is -3.14. The number of ether oxygens (including phenoxy) is 2. The normalized spacial score (nSPS) is 18.6. The fourth-order valence-corrected chi connectivity index (χ4v) is 3.97. The fourth-order valence-electron chi connectivity index (χ4n) is 3.97. The molecule has 10 nitrogen and oxygen atoms in total. The van der Waals surface area contributed by atoms with Crippen molar-refractivity contribution in [2.75, 3.05) is 20.3 Å². The second-order valence-corrected chi connectivity index (χ2v) is 9.91. The Balaban J connectivity index is 2.48. The number of methoxy groups -OCH3 is 1. The summed E-state index contributed by atoms with van der Waals surface area (Å²) in [4.78, 5) is 52.7. The Labute approximate surface area is 206 Å². The van der Waals surface area contributed by atoms with Crippen LogP contribution >= 0.6 is 0 Å². The topological polar surface area (TPSA) is 134 Å². The van der Waals surface area contributed by atoms with Gasteiger partial charge in [-0.2, -0.15) is 0 Å². The van der Waals surface area contributed by atoms with E-state index in [0.29, 0.717) is 12.0 Å². The van der Waals surface area contributed by atoms with E-state index in [1.807, 2.05) is 39.0 Å². The standard InChI is InChI=1S/C25H37N3O7/c1-14-9-8-10-15(2)20(14)21(22(31)26-12-19(30)34-7)28(18-11-16(18)3)23(32)17(13-29)27-24(33)35-25(4,5)6/h8-10,16-18,21,29H,11-13H2,1-7H3,(H,26,31)(H,27,33). The van der Waals surface area contributed by atoms with Crippen molar-refractivity contribution in [1.82, 2.24) is 15.5 Å². The SMILES string of the molecule is COC(=O)CNC(=O)C(c1c(C)cccc1C)N(C(=O)C(CO)NC(=O)OC(C)(C)C)C1CC1C. The summed E-state index contributed by atoms with van der Waals surface area (Å²) in [5.74, 6) is -1.70. The molecule has 10 heteroatoms. The van der Waals surface area contributed by atoms with Crippen LogP contribution in [0.2, 0.25) is 0 Å². The summed E-state index contributed by atoms with van der Waals surface area (Å²) in [5, 5.41) is 15.0. The monoisotopic (exact) mass is 491 g/mol. The number of aliphatic hydroxyl groups excluding tert-OH is 1. The molecule has 0 aromatic heterocycles. The number of benzene rings is 1. The molecular weight excluding hydrogens is 454 g/mol. The van der Waals surface area contributed by atoms with E-state index in [1.165, 1.54) is 12.0 Å². The number of nitrogens with zero attached hydrogens (tertiary/aromatic N) is 1. The number of nitrogens with one attached hydrogen (secondary N) is 2. The van der Waals surface area contributed by atoms with Crippen molar-refractivity contribution < 1.29 is 33.8 Å². The van der Waals surface area contributed by atoms with E-state index in [-0.39, 0.29) is 18.5 Å². The molecule has 0 bridgehead atoms. The Morgan fingerprint density at radius 1 is 1.17 bits per heavy atom. The first-order valence-electron chi connectivity index (χ1n) is 11.6. The number of hydrogen-bond donors (Lipinski definition) is 3. The van der Waals surface area contributed by atoms with Crippen LogP contribution in [0.5, 0.6) is 0 Å². The van der Waals surface area contributed by atoms with Crippen LogP contribution in [0.25, 0.3) is 0 Å². The average molecular weight is 492 g/mol. The molecule has 0 spiro atoms. The smallest absolute Gasteiger partial charge is 0.408 e. The lowest BCUT2D eigenvalue weighted by Crippen LogP contribution is -2.55. The lowest BCUT2D eigenvalue weighted by molar-refractivity contribution is -0.145. The molecule has 0 aliphatic heterocycles. The van der Waals surface area contributed by atoms with Crippen LogP contribution in [-0.2, 0) is 23.9 Å². The number of aliphatic hydroxyl groups is 1. The molecule has 1 aromatic carbocycles. The van der Waals surface area contributed by atoms with E-state index >= 15 is 0 Å². The van der Waals surface area contributed by atoms with Crippen molar-refractivity contribution in [2.45, 2.75) is 71.7 Å². The second kappa shape index (κ2) is 11.5. The molecule has 194 valence electrons. The first kappa shape index (κ1) is 28.1.